The van der Waals surface area contributed by atoms with Gasteiger partial charge in [-0.05, 0) is 83.4 Å². The lowest BCUT2D eigenvalue weighted by Crippen LogP contribution is -1.96. The van der Waals surface area contributed by atoms with Gasteiger partial charge >= 0.3 is 5.97 Å². The molecule has 2 aromatic carbocycles. The van der Waals surface area contributed by atoms with E-state index in [2.05, 4.69) is 61.2 Å². The highest BCUT2D eigenvalue weighted by Crippen LogP contribution is 2.38. The molecule has 18 heteroatoms. The third-order valence-electron chi connectivity index (χ3n) is 9.65. The SMILES string of the molecule is O=C(Cl)c1ccc(-c2c(F)cnc3[nH]c4cnc(-c5cccnc5)cc4c23)cc1.O=C(O)c1ccc(-c2c(F)cnc3[nH]c4cnc(-c5cccnc5)cc4c23)cc1.O=S(Cl)Cl. The molecule has 0 saturated carbocycles. The van der Waals surface area contributed by atoms with Crippen LogP contribution in [0, 0.1) is 11.6 Å². The van der Waals surface area contributed by atoms with E-state index in [1.807, 2.05) is 36.4 Å². The van der Waals surface area contributed by atoms with Crippen LogP contribution in [0.3, 0.4) is 0 Å². The summed E-state index contributed by atoms with van der Waals surface area (Å²) in [7, 11) is 7.36. The average Bonchev–Trinajstić information content (AvgIpc) is 3.85. The van der Waals surface area contributed by atoms with Crippen LogP contribution in [0.4, 0.5) is 8.78 Å². The number of H-pyrrole nitrogens is 2. The van der Waals surface area contributed by atoms with Crippen LogP contribution in [0.25, 0.3) is 88.6 Å². The van der Waals surface area contributed by atoms with E-state index in [4.69, 9.17) is 20.9 Å². The number of fused-ring (bicyclic) bond motifs is 6. The smallest absolute Gasteiger partial charge is 0.335 e. The van der Waals surface area contributed by atoms with E-state index in [0.29, 0.717) is 55.6 Å². The molecule has 0 spiro atoms. The van der Waals surface area contributed by atoms with Crippen LogP contribution in [0.1, 0.15) is 20.7 Å². The van der Waals surface area contributed by atoms with Crippen molar-refractivity contribution < 1.29 is 27.7 Å². The van der Waals surface area contributed by atoms with Crippen molar-refractivity contribution in [2.75, 3.05) is 0 Å². The largest absolute Gasteiger partial charge is 0.478 e. The lowest BCUT2D eigenvalue weighted by molar-refractivity contribution is 0.0696. The van der Waals surface area contributed by atoms with Crippen LogP contribution in [-0.2, 0) is 9.23 Å². The van der Waals surface area contributed by atoms with Gasteiger partial charge in [-0.25, -0.2) is 27.8 Å². The van der Waals surface area contributed by atoms with Gasteiger partial charge in [-0.15, -0.1) is 0 Å². The highest BCUT2D eigenvalue weighted by Gasteiger charge is 2.19. The lowest BCUT2D eigenvalue weighted by Gasteiger charge is -2.07. The van der Waals surface area contributed by atoms with Gasteiger partial charge in [0.15, 0.2) is 0 Å². The number of carbonyl (C=O) groups excluding carboxylic acids is 1. The minimum atomic E-state index is -1.67. The molecule has 10 rings (SSSR count). The first kappa shape index (κ1) is 41.7. The summed E-state index contributed by atoms with van der Waals surface area (Å²) in [5.41, 5.74) is 8.16. The Labute approximate surface area is 365 Å². The van der Waals surface area contributed by atoms with Crippen molar-refractivity contribution in [2.24, 2.45) is 0 Å². The summed E-state index contributed by atoms with van der Waals surface area (Å²) in [6, 6.07) is 23.9. The fourth-order valence-electron chi connectivity index (χ4n) is 6.93. The van der Waals surface area contributed by atoms with Gasteiger partial charge in [0.25, 0.3) is 5.24 Å². The van der Waals surface area contributed by atoms with Gasteiger partial charge in [0.1, 0.15) is 22.9 Å². The van der Waals surface area contributed by atoms with E-state index in [-0.39, 0.29) is 5.56 Å². The van der Waals surface area contributed by atoms with Crippen molar-refractivity contribution in [2.45, 2.75) is 0 Å². The number of aromatic amines is 2. The average molecular weight is 906 g/mol. The Morgan fingerprint density at radius 2 is 1.00 bits per heavy atom. The molecule has 0 radical (unpaired) electrons. The van der Waals surface area contributed by atoms with E-state index < -0.39 is 32.1 Å². The van der Waals surface area contributed by atoms with Crippen LogP contribution in [0.2, 0.25) is 0 Å². The van der Waals surface area contributed by atoms with Crippen molar-refractivity contribution in [3.05, 3.63) is 157 Å². The number of carbonyl (C=O) groups is 2. The monoisotopic (exact) mass is 904 g/mol. The quantitative estimate of drug-likeness (QED) is 0.136. The number of halogens is 5. The summed E-state index contributed by atoms with van der Waals surface area (Å²) < 4.78 is 38.9. The maximum atomic E-state index is 14.9. The standard InChI is InChI=1S/C22H12ClFN4O.C22H13FN4O2.Cl2OS/c23-21(29)13-5-3-12(4-6-13)19-16(24)10-27-22-20(19)15-8-17(26-11-18(15)28-22)14-2-1-7-25-9-14;23-16-10-26-21-20(19(16)12-3-5-13(6-4-12)22(28)29)15-8-17(25-11-18(15)27-21)14-2-1-7-24-9-14;1-4(2)3/h1-11H,(H,27,28);1-11H,(H,26,27)(H,28,29);. The number of pyridine rings is 6. The number of nitrogens with one attached hydrogen (secondary N) is 2. The third kappa shape index (κ3) is 8.60. The second-order valence-corrected chi connectivity index (χ2v) is 16.2. The number of carboxylic acid groups (broad SMARTS) is 1. The fraction of sp³-hybridized carbons (Fsp3) is 0. The second-order valence-electron chi connectivity index (χ2n) is 13.3. The molecular formula is C44H25Cl3F2N8O4S. The number of carboxylic acids is 1. The molecule has 0 saturated heterocycles. The van der Waals surface area contributed by atoms with E-state index in [9.17, 15) is 18.4 Å². The normalized spacial score (nSPS) is 11.1. The van der Waals surface area contributed by atoms with Crippen LogP contribution in [0.15, 0.2) is 135 Å². The van der Waals surface area contributed by atoms with Gasteiger partial charge in [-0.3, -0.25) is 24.7 Å². The number of aromatic carboxylic acids is 1. The minimum absolute atomic E-state index is 0.140. The lowest BCUT2D eigenvalue weighted by atomic mass is 9.99. The summed E-state index contributed by atoms with van der Waals surface area (Å²) >= 11 is 5.52. The van der Waals surface area contributed by atoms with Crippen molar-refractivity contribution in [3.8, 4) is 44.8 Å². The molecule has 0 bridgehead atoms. The fourth-order valence-corrected chi connectivity index (χ4v) is 7.05. The van der Waals surface area contributed by atoms with Gasteiger partial charge in [-0.2, -0.15) is 0 Å². The Bertz CT molecular complexity index is 3100. The van der Waals surface area contributed by atoms with Gasteiger partial charge in [-0.1, -0.05) is 24.3 Å². The molecule has 0 aliphatic carbocycles. The number of hydrogen-bond donors (Lipinski definition) is 3. The molecule has 0 unspecified atom stereocenters. The Balaban J connectivity index is 0.000000157. The van der Waals surface area contributed by atoms with Crippen molar-refractivity contribution in [3.63, 3.8) is 0 Å². The number of rotatable bonds is 6. The molecular weight excluding hydrogens is 881 g/mol. The minimum Gasteiger partial charge on any atom is -0.478 e. The van der Waals surface area contributed by atoms with Crippen molar-refractivity contribution in [1.29, 1.82) is 0 Å². The van der Waals surface area contributed by atoms with E-state index in [0.717, 1.165) is 44.8 Å². The molecule has 0 aliphatic rings. The third-order valence-corrected chi connectivity index (χ3v) is 9.87. The predicted molar refractivity (Wildman–Crippen MR) is 237 cm³/mol. The summed E-state index contributed by atoms with van der Waals surface area (Å²) in [6.07, 6.45) is 12.6. The number of aromatic nitrogens is 8. The molecule has 306 valence electrons. The zero-order chi connectivity index (χ0) is 43.5. The van der Waals surface area contributed by atoms with Gasteiger partial charge in [0.2, 0.25) is 9.23 Å². The summed E-state index contributed by atoms with van der Waals surface area (Å²) in [4.78, 5) is 54.4. The first-order chi connectivity index (χ1) is 30.0. The Hall–Kier alpha value is -7.04. The first-order valence-corrected chi connectivity index (χ1v) is 21.3. The predicted octanol–water partition coefficient (Wildman–Crippen LogP) is 11.1. The topological polar surface area (TPSA) is 180 Å². The van der Waals surface area contributed by atoms with Gasteiger partial charge in [0.05, 0.1) is 52.8 Å². The van der Waals surface area contributed by atoms with Crippen LogP contribution in [-0.4, -0.2) is 60.4 Å². The molecule has 0 aliphatic heterocycles. The molecule has 62 heavy (non-hydrogen) atoms. The molecule has 0 fully saturated rings. The molecule has 10 aromatic rings. The highest BCUT2D eigenvalue weighted by atomic mass is 36.0. The summed E-state index contributed by atoms with van der Waals surface area (Å²) in [6.45, 7) is 0. The zero-order valence-corrected chi connectivity index (χ0v) is 34.4. The Kier molecular flexibility index (Phi) is 12.0. The molecule has 0 atom stereocenters. The molecule has 3 N–H and O–H groups in total. The maximum absolute atomic E-state index is 14.9. The van der Waals surface area contributed by atoms with Gasteiger partial charge in [0, 0.05) is 95.5 Å². The maximum Gasteiger partial charge on any atom is 0.335 e. The number of benzene rings is 2. The number of hydrogen-bond acceptors (Lipinski definition) is 9. The van der Waals surface area contributed by atoms with Crippen LogP contribution >= 0.6 is 33.0 Å². The van der Waals surface area contributed by atoms with Crippen LogP contribution in [0.5, 0.6) is 0 Å². The van der Waals surface area contributed by atoms with E-state index >= 15 is 0 Å². The molecule has 8 aromatic heterocycles. The van der Waals surface area contributed by atoms with Crippen molar-refractivity contribution >= 4 is 97.3 Å². The Morgan fingerprint density at radius 3 is 1.37 bits per heavy atom. The second kappa shape index (κ2) is 17.9. The van der Waals surface area contributed by atoms with Gasteiger partial charge < -0.3 is 15.1 Å². The van der Waals surface area contributed by atoms with E-state index in [1.54, 1.807) is 73.6 Å². The summed E-state index contributed by atoms with van der Waals surface area (Å²) in [5, 5.41) is 11.4. The van der Waals surface area contributed by atoms with Crippen LogP contribution < -0.4 is 0 Å². The Morgan fingerprint density at radius 1 is 0.581 bits per heavy atom. The first-order valence-electron chi connectivity index (χ1n) is 18.1. The van der Waals surface area contributed by atoms with Crippen molar-refractivity contribution in [1.82, 2.24) is 39.9 Å². The molecule has 12 nitrogen and oxygen atoms in total. The highest BCUT2D eigenvalue weighted by molar-refractivity contribution is 8.26. The van der Waals surface area contributed by atoms with E-state index in [1.165, 1.54) is 18.3 Å². The molecule has 8 heterocycles. The summed E-state index contributed by atoms with van der Waals surface area (Å²) in [5.74, 6) is -1.97. The zero-order valence-electron chi connectivity index (χ0n) is 31.4. The number of nitrogens with zero attached hydrogens (tertiary/aromatic N) is 6. The molecule has 0 amide bonds.